The van der Waals surface area contributed by atoms with Crippen molar-refractivity contribution in [1.82, 2.24) is 20.2 Å². The molecule has 2 fully saturated rings. The molecule has 0 atom stereocenters. The lowest BCUT2D eigenvalue weighted by molar-refractivity contribution is 0.0514. The lowest BCUT2D eigenvalue weighted by Crippen LogP contribution is -2.50. The maximum Gasteiger partial charge on any atom is 0.317 e. The summed E-state index contributed by atoms with van der Waals surface area (Å²) >= 11 is 5.93. The van der Waals surface area contributed by atoms with Crippen molar-refractivity contribution >= 4 is 40.0 Å². The normalized spacial score (nSPS) is 19.9. The van der Waals surface area contributed by atoms with Crippen molar-refractivity contribution < 1.29 is 23.4 Å². The van der Waals surface area contributed by atoms with Gasteiger partial charge in [-0.1, -0.05) is 11.6 Å². The summed E-state index contributed by atoms with van der Waals surface area (Å²) < 4.78 is 30.9. The first kappa shape index (κ1) is 25.3. The first-order chi connectivity index (χ1) is 18.0. The monoisotopic (exact) mass is 529 g/mol. The largest absolute Gasteiger partial charge is 0.493 e. The Kier molecular flexibility index (Phi) is 7.76. The van der Waals surface area contributed by atoms with Crippen LogP contribution in [0.2, 0.25) is 5.02 Å². The van der Waals surface area contributed by atoms with Gasteiger partial charge in [-0.05, 0) is 49.9 Å². The number of aromatic nitrogens is 2. The maximum atomic E-state index is 13.6. The summed E-state index contributed by atoms with van der Waals surface area (Å²) in [6, 6.07) is 8.16. The Labute approximate surface area is 219 Å². The van der Waals surface area contributed by atoms with Crippen LogP contribution in [0.1, 0.15) is 25.7 Å². The average Bonchev–Trinajstić information content (AvgIpc) is 2.92. The Hall–Kier alpha value is -3.37. The number of carbonyl (C=O) groups is 1. The van der Waals surface area contributed by atoms with Gasteiger partial charge in [0.05, 0.1) is 37.0 Å². The van der Waals surface area contributed by atoms with Gasteiger partial charge < -0.3 is 29.7 Å². The second kappa shape index (κ2) is 11.4. The third-order valence-electron chi connectivity index (χ3n) is 6.70. The van der Waals surface area contributed by atoms with Gasteiger partial charge in [0.15, 0.2) is 11.5 Å². The fourth-order valence-corrected chi connectivity index (χ4v) is 4.84. The van der Waals surface area contributed by atoms with E-state index in [4.69, 9.17) is 25.8 Å². The summed E-state index contributed by atoms with van der Waals surface area (Å²) in [5, 5.41) is 7.08. The van der Waals surface area contributed by atoms with E-state index in [2.05, 4.69) is 20.6 Å². The molecule has 1 aliphatic heterocycles. The van der Waals surface area contributed by atoms with Crippen LogP contribution in [0.15, 0.2) is 36.7 Å². The highest BCUT2D eigenvalue weighted by Gasteiger charge is 2.27. The first-order valence-electron chi connectivity index (χ1n) is 12.3. The predicted molar refractivity (Wildman–Crippen MR) is 138 cm³/mol. The number of fused-ring (bicyclic) bond motifs is 1. The molecule has 1 saturated heterocycles. The summed E-state index contributed by atoms with van der Waals surface area (Å²) in [7, 11) is 1.59. The number of halogens is 2. The first-order valence-corrected chi connectivity index (χ1v) is 12.7. The molecule has 0 bridgehead atoms. The van der Waals surface area contributed by atoms with Crippen LogP contribution in [0.3, 0.4) is 0 Å². The van der Waals surface area contributed by atoms with Crippen molar-refractivity contribution in [3.63, 3.8) is 0 Å². The van der Waals surface area contributed by atoms with E-state index in [0.717, 1.165) is 31.1 Å². The zero-order valence-corrected chi connectivity index (χ0v) is 21.3. The second-order valence-corrected chi connectivity index (χ2v) is 9.54. The molecule has 1 aliphatic carbocycles. The summed E-state index contributed by atoms with van der Waals surface area (Å²) in [4.78, 5) is 23.0. The molecule has 1 saturated carbocycles. The maximum absolute atomic E-state index is 13.6. The van der Waals surface area contributed by atoms with Crippen LogP contribution in [-0.2, 0) is 4.74 Å². The number of rotatable bonds is 6. The summed E-state index contributed by atoms with van der Waals surface area (Å²) in [5.41, 5.74) is 1.27. The van der Waals surface area contributed by atoms with E-state index >= 15 is 0 Å². The highest BCUT2D eigenvalue weighted by atomic mass is 35.5. The standard InChI is InChI=1S/C26H29ClFN5O4/c1-35-23-14-22-19(25(30-15-29-22)31-17-4-7-21(28)20(27)12-17)13-24(23)37-18-5-2-16(3-6-18)32-26(34)33-8-10-36-11-9-33/h4,7,12-16,18H,2-3,5-6,8-11H2,1H3,(H,32,34)(H,29,30,31). The molecule has 2 aliphatic rings. The zero-order valence-electron chi connectivity index (χ0n) is 20.5. The van der Waals surface area contributed by atoms with Crippen LogP contribution in [-0.4, -0.2) is 66.5 Å². The number of urea groups is 1. The highest BCUT2D eigenvalue weighted by molar-refractivity contribution is 6.31. The molecule has 37 heavy (non-hydrogen) atoms. The van der Waals surface area contributed by atoms with Crippen molar-refractivity contribution in [2.75, 3.05) is 38.7 Å². The molecular formula is C26H29ClFN5O4. The Morgan fingerprint density at radius 3 is 2.62 bits per heavy atom. The molecule has 0 unspecified atom stereocenters. The minimum absolute atomic E-state index is 0.0140. The number of carbonyl (C=O) groups excluding carboxylic acids is 1. The van der Waals surface area contributed by atoms with Crippen molar-refractivity contribution in [1.29, 1.82) is 0 Å². The Morgan fingerprint density at radius 2 is 1.89 bits per heavy atom. The molecule has 2 N–H and O–H groups in total. The zero-order chi connectivity index (χ0) is 25.8. The van der Waals surface area contributed by atoms with Gasteiger partial charge >= 0.3 is 6.03 Å². The topological polar surface area (TPSA) is 97.8 Å². The summed E-state index contributed by atoms with van der Waals surface area (Å²) in [6.07, 6.45) is 4.71. The molecule has 2 aromatic carbocycles. The minimum atomic E-state index is -0.490. The number of nitrogens with one attached hydrogen (secondary N) is 2. The van der Waals surface area contributed by atoms with E-state index in [1.54, 1.807) is 18.1 Å². The number of methoxy groups -OCH3 is 1. The van der Waals surface area contributed by atoms with Crippen LogP contribution < -0.4 is 20.1 Å². The van der Waals surface area contributed by atoms with Crippen LogP contribution in [0.25, 0.3) is 10.9 Å². The lowest BCUT2D eigenvalue weighted by Gasteiger charge is -2.33. The number of anilines is 2. The lowest BCUT2D eigenvalue weighted by atomic mass is 9.93. The molecule has 9 nitrogen and oxygen atoms in total. The van der Waals surface area contributed by atoms with Crippen molar-refractivity contribution in [3.05, 3.63) is 47.5 Å². The van der Waals surface area contributed by atoms with Gasteiger partial charge in [-0.3, -0.25) is 0 Å². The number of benzene rings is 2. The van der Waals surface area contributed by atoms with Gasteiger partial charge in [-0.2, -0.15) is 0 Å². The molecule has 3 aromatic rings. The van der Waals surface area contributed by atoms with E-state index in [1.165, 1.54) is 18.5 Å². The quantitative estimate of drug-likeness (QED) is 0.468. The van der Waals surface area contributed by atoms with E-state index in [-0.39, 0.29) is 23.2 Å². The molecule has 2 heterocycles. The number of nitrogens with zero attached hydrogens (tertiary/aromatic N) is 3. The molecule has 11 heteroatoms. The fraction of sp³-hybridized carbons (Fsp3) is 0.423. The molecule has 196 valence electrons. The average molecular weight is 530 g/mol. The van der Waals surface area contributed by atoms with Crippen LogP contribution >= 0.6 is 11.6 Å². The predicted octanol–water partition coefficient (Wildman–Crippen LogP) is 4.91. The van der Waals surface area contributed by atoms with Crippen LogP contribution in [0.4, 0.5) is 20.7 Å². The molecule has 5 rings (SSSR count). The van der Waals surface area contributed by atoms with E-state index in [1.807, 2.05) is 12.1 Å². The number of amides is 2. The van der Waals surface area contributed by atoms with Crippen LogP contribution in [0, 0.1) is 5.82 Å². The smallest absolute Gasteiger partial charge is 0.317 e. The van der Waals surface area contributed by atoms with Gasteiger partial charge in [0.25, 0.3) is 0 Å². The van der Waals surface area contributed by atoms with Gasteiger partial charge in [0.1, 0.15) is 18.0 Å². The number of hydrogen-bond acceptors (Lipinski definition) is 7. The third-order valence-corrected chi connectivity index (χ3v) is 6.99. The fourth-order valence-electron chi connectivity index (χ4n) is 4.66. The molecule has 0 radical (unpaired) electrons. The minimum Gasteiger partial charge on any atom is -0.493 e. The number of morpholine rings is 1. The Balaban J connectivity index is 1.27. The van der Waals surface area contributed by atoms with Crippen molar-refractivity contribution in [2.45, 2.75) is 37.8 Å². The van der Waals surface area contributed by atoms with Gasteiger partial charge in [0.2, 0.25) is 0 Å². The van der Waals surface area contributed by atoms with Gasteiger partial charge in [0, 0.05) is 36.3 Å². The second-order valence-electron chi connectivity index (χ2n) is 9.14. The summed E-state index contributed by atoms with van der Waals surface area (Å²) in [6.45, 7) is 2.42. The van der Waals surface area contributed by atoms with E-state index in [9.17, 15) is 9.18 Å². The number of hydrogen-bond donors (Lipinski definition) is 2. The van der Waals surface area contributed by atoms with Crippen molar-refractivity contribution in [2.24, 2.45) is 0 Å². The summed E-state index contributed by atoms with van der Waals surface area (Å²) in [5.74, 6) is 1.21. The van der Waals surface area contributed by atoms with Crippen molar-refractivity contribution in [3.8, 4) is 11.5 Å². The molecule has 2 amide bonds. The third kappa shape index (κ3) is 5.97. The SMILES string of the molecule is COc1cc2ncnc(Nc3ccc(F)c(Cl)c3)c2cc1OC1CCC(NC(=O)N2CCOCC2)CC1. The highest BCUT2D eigenvalue weighted by Crippen LogP contribution is 2.37. The van der Waals surface area contributed by atoms with E-state index < -0.39 is 5.82 Å². The van der Waals surface area contributed by atoms with Crippen LogP contribution in [0.5, 0.6) is 11.5 Å². The Bertz CT molecular complexity index is 1270. The molecule has 0 spiro atoms. The molecule has 1 aromatic heterocycles. The van der Waals surface area contributed by atoms with Gasteiger partial charge in [-0.15, -0.1) is 0 Å². The molecular weight excluding hydrogens is 501 g/mol. The number of ether oxygens (including phenoxy) is 3. The van der Waals surface area contributed by atoms with E-state index in [0.29, 0.717) is 54.8 Å². The Morgan fingerprint density at radius 1 is 1.11 bits per heavy atom. The van der Waals surface area contributed by atoms with Gasteiger partial charge in [-0.25, -0.2) is 19.2 Å².